The number of fused-ring (bicyclic) bond motifs is 3. The number of nitrogens with zero attached hydrogens (tertiary/aromatic N) is 6. The lowest BCUT2D eigenvalue weighted by Crippen LogP contribution is -2.38. The van der Waals surface area contributed by atoms with Crippen molar-refractivity contribution in [3.8, 4) is 5.75 Å². The Morgan fingerprint density at radius 2 is 1.78 bits per heavy atom. The van der Waals surface area contributed by atoms with Crippen molar-refractivity contribution in [2.24, 2.45) is 19.2 Å². The van der Waals surface area contributed by atoms with Crippen LogP contribution in [0.1, 0.15) is 11.1 Å². The number of aromatic nitrogens is 4. The summed E-state index contributed by atoms with van der Waals surface area (Å²) in [6.07, 6.45) is 0. The first-order valence-electron chi connectivity index (χ1n) is 10.2. The van der Waals surface area contributed by atoms with Gasteiger partial charge in [-0.15, -0.1) is 0 Å². The van der Waals surface area contributed by atoms with Crippen molar-refractivity contribution >= 4 is 22.8 Å². The molecule has 0 aliphatic carbocycles. The highest BCUT2D eigenvalue weighted by atomic mass is 16.5. The van der Waals surface area contributed by atoms with Gasteiger partial charge < -0.3 is 4.74 Å². The number of methoxy groups -OCH3 is 1. The molecule has 1 aliphatic heterocycles. The maximum atomic E-state index is 13.1. The van der Waals surface area contributed by atoms with E-state index in [1.165, 1.54) is 11.6 Å². The smallest absolute Gasteiger partial charge is 0.332 e. The van der Waals surface area contributed by atoms with Crippen LogP contribution in [0.4, 0.5) is 5.95 Å². The van der Waals surface area contributed by atoms with E-state index >= 15 is 0 Å². The predicted octanol–water partition coefficient (Wildman–Crippen LogP) is 1.87. The summed E-state index contributed by atoms with van der Waals surface area (Å²) in [7, 11) is 4.72. The molecule has 3 heterocycles. The Kier molecular flexibility index (Phi) is 4.66. The van der Waals surface area contributed by atoms with Gasteiger partial charge in [0.05, 0.1) is 25.9 Å². The van der Waals surface area contributed by atoms with E-state index in [0.717, 1.165) is 27.2 Å². The highest BCUT2D eigenvalue weighted by Gasteiger charge is 2.28. The number of imidazole rings is 1. The van der Waals surface area contributed by atoms with Gasteiger partial charge in [0, 0.05) is 19.7 Å². The normalized spacial score (nSPS) is 13.2. The number of hydrogen-bond acceptors (Lipinski definition) is 6. The van der Waals surface area contributed by atoms with Gasteiger partial charge >= 0.3 is 5.69 Å². The first kappa shape index (κ1) is 19.8. The first-order valence-corrected chi connectivity index (χ1v) is 10.2. The molecule has 0 saturated carbocycles. The molecule has 0 atom stereocenters. The van der Waals surface area contributed by atoms with Gasteiger partial charge in [-0.2, -0.15) is 10.1 Å². The van der Waals surface area contributed by atoms with Gasteiger partial charge in [0.25, 0.3) is 5.56 Å². The minimum atomic E-state index is -0.415. The monoisotopic (exact) mass is 430 g/mol. The molecule has 2 aromatic carbocycles. The fraction of sp³-hybridized carbons (Fsp3) is 0.217. The maximum absolute atomic E-state index is 13.1. The molecule has 0 spiro atoms. The van der Waals surface area contributed by atoms with Crippen molar-refractivity contribution in [1.82, 2.24) is 18.7 Å². The Balaban J connectivity index is 1.73. The van der Waals surface area contributed by atoms with Crippen LogP contribution in [0, 0.1) is 0 Å². The van der Waals surface area contributed by atoms with E-state index in [-0.39, 0.29) is 5.56 Å². The quantitative estimate of drug-likeness (QED) is 0.493. The standard InChI is InChI=1S/C23H22N6O3/c1-26-20-19(21(30)27(2)23(26)31)28-14-18(16-10-7-11-17(12-16)32-3)25-29(22(28)24-20)13-15-8-5-4-6-9-15/h4-12H,13-14H2,1-3H3. The van der Waals surface area contributed by atoms with Gasteiger partial charge in [0.15, 0.2) is 11.2 Å². The van der Waals surface area contributed by atoms with E-state index in [1.54, 1.807) is 19.2 Å². The third-order valence-corrected chi connectivity index (χ3v) is 5.69. The molecule has 1 aliphatic rings. The average molecular weight is 430 g/mol. The molecule has 0 N–H and O–H groups in total. The second-order valence-corrected chi connectivity index (χ2v) is 7.70. The topological polar surface area (TPSA) is 86.7 Å². The van der Waals surface area contributed by atoms with Crippen LogP contribution in [0.15, 0.2) is 69.3 Å². The highest BCUT2D eigenvalue weighted by Crippen LogP contribution is 2.27. The van der Waals surface area contributed by atoms with E-state index in [0.29, 0.717) is 30.2 Å². The summed E-state index contributed by atoms with van der Waals surface area (Å²) in [5.41, 5.74) is 2.61. The van der Waals surface area contributed by atoms with Crippen LogP contribution in [-0.2, 0) is 27.2 Å². The minimum Gasteiger partial charge on any atom is -0.497 e. The summed E-state index contributed by atoms with van der Waals surface area (Å²) in [6, 6.07) is 17.6. The summed E-state index contributed by atoms with van der Waals surface area (Å²) in [5.74, 6) is 1.24. The second kappa shape index (κ2) is 7.52. The lowest BCUT2D eigenvalue weighted by atomic mass is 10.1. The van der Waals surface area contributed by atoms with E-state index in [2.05, 4.69) is 4.98 Å². The maximum Gasteiger partial charge on any atom is 0.332 e. The summed E-state index contributed by atoms with van der Waals surface area (Å²) in [6.45, 7) is 0.809. The van der Waals surface area contributed by atoms with Crippen molar-refractivity contribution in [2.45, 2.75) is 13.1 Å². The van der Waals surface area contributed by atoms with E-state index in [1.807, 2.05) is 59.2 Å². The summed E-state index contributed by atoms with van der Waals surface area (Å²) >= 11 is 0. The van der Waals surface area contributed by atoms with Gasteiger partial charge in [-0.05, 0) is 17.7 Å². The molecule has 5 rings (SSSR count). The molecular formula is C23H22N6O3. The highest BCUT2D eigenvalue weighted by molar-refractivity contribution is 6.03. The van der Waals surface area contributed by atoms with E-state index in [4.69, 9.17) is 9.84 Å². The van der Waals surface area contributed by atoms with E-state index in [9.17, 15) is 9.59 Å². The van der Waals surface area contributed by atoms with Gasteiger partial charge in [-0.1, -0.05) is 42.5 Å². The molecule has 0 amide bonds. The van der Waals surface area contributed by atoms with Gasteiger partial charge in [-0.3, -0.25) is 18.5 Å². The molecule has 0 bridgehead atoms. The first-order chi connectivity index (χ1) is 15.5. The zero-order valence-electron chi connectivity index (χ0n) is 18.0. The number of rotatable bonds is 4. The van der Waals surface area contributed by atoms with Gasteiger partial charge in [0.2, 0.25) is 5.95 Å². The zero-order valence-corrected chi connectivity index (χ0v) is 18.0. The van der Waals surface area contributed by atoms with E-state index < -0.39 is 5.69 Å². The van der Waals surface area contributed by atoms with Crippen LogP contribution < -0.4 is 21.0 Å². The number of benzene rings is 2. The largest absolute Gasteiger partial charge is 0.497 e. The van der Waals surface area contributed by atoms with Crippen molar-refractivity contribution in [1.29, 1.82) is 0 Å². The van der Waals surface area contributed by atoms with Crippen molar-refractivity contribution in [2.75, 3.05) is 12.1 Å². The number of hydrogen-bond donors (Lipinski definition) is 0. The Labute approximate surface area is 183 Å². The van der Waals surface area contributed by atoms with Crippen molar-refractivity contribution in [3.63, 3.8) is 0 Å². The summed E-state index contributed by atoms with van der Waals surface area (Å²) in [4.78, 5) is 30.2. The number of ether oxygens (including phenoxy) is 1. The van der Waals surface area contributed by atoms with Crippen LogP contribution >= 0.6 is 0 Å². The Morgan fingerprint density at radius 1 is 1.00 bits per heavy atom. The molecule has 2 aromatic heterocycles. The summed E-state index contributed by atoms with van der Waals surface area (Å²) in [5, 5.41) is 6.65. The number of hydrazone groups is 1. The molecule has 9 nitrogen and oxygen atoms in total. The minimum absolute atomic E-state index is 0.341. The molecule has 9 heteroatoms. The van der Waals surface area contributed by atoms with Gasteiger partial charge in [0.1, 0.15) is 5.75 Å². The fourth-order valence-electron chi connectivity index (χ4n) is 3.97. The van der Waals surface area contributed by atoms with Crippen LogP contribution in [0.5, 0.6) is 5.75 Å². The van der Waals surface area contributed by atoms with Crippen LogP contribution in [-0.4, -0.2) is 31.5 Å². The Morgan fingerprint density at radius 3 is 2.53 bits per heavy atom. The number of anilines is 1. The van der Waals surface area contributed by atoms with Crippen molar-refractivity contribution in [3.05, 3.63) is 86.6 Å². The molecule has 32 heavy (non-hydrogen) atoms. The van der Waals surface area contributed by atoms with Crippen LogP contribution in [0.3, 0.4) is 0 Å². The van der Waals surface area contributed by atoms with Crippen molar-refractivity contribution < 1.29 is 4.74 Å². The number of aryl methyl sites for hydroxylation is 1. The molecular weight excluding hydrogens is 408 g/mol. The lowest BCUT2D eigenvalue weighted by molar-refractivity contribution is 0.414. The molecule has 162 valence electrons. The molecule has 0 unspecified atom stereocenters. The molecule has 4 aromatic rings. The average Bonchev–Trinajstić information content (AvgIpc) is 3.22. The molecule has 0 fully saturated rings. The molecule has 0 saturated heterocycles. The van der Waals surface area contributed by atoms with Crippen LogP contribution in [0.25, 0.3) is 11.2 Å². The zero-order chi connectivity index (χ0) is 22.4. The SMILES string of the molecule is COc1cccc(C2=NN(Cc3ccccc3)c3nc4c(c(=O)n(C)c(=O)n4C)n3C2)c1. The van der Waals surface area contributed by atoms with Crippen LogP contribution in [0.2, 0.25) is 0 Å². The summed E-state index contributed by atoms with van der Waals surface area (Å²) < 4.78 is 9.72. The Hall–Kier alpha value is -4.14. The fourth-order valence-corrected chi connectivity index (χ4v) is 3.97. The predicted molar refractivity (Wildman–Crippen MR) is 122 cm³/mol. The lowest BCUT2D eigenvalue weighted by Gasteiger charge is -2.26. The third-order valence-electron chi connectivity index (χ3n) is 5.69. The molecule has 0 radical (unpaired) electrons. The third kappa shape index (κ3) is 3.09. The van der Waals surface area contributed by atoms with Gasteiger partial charge in [-0.25, -0.2) is 9.80 Å². The Bertz CT molecular complexity index is 1480. The second-order valence-electron chi connectivity index (χ2n) is 7.70.